The molecule has 2 aromatic rings. The van der Waals surface area contributed by atoms with Crippen molar-refractivity contribution in [2.45, 2.75) is 37.8 Å². The van der Waals surface area contributed by atoms with E-state index in [0.29, 0.717) is 10.0 Å². The highest BCUT2D eigenvalue weighted by molar-refractivity contribution is 9.10. The molecule has 0 aromatic heterocycles. The lowest BCUT2D eigenvalue weighted by Crippen LogP contribution is -2.54. The molecule has 0 radical (unpaired) electrons. The highest BCUT2D eigenvalue weighted by Crippen LogP contribution is 2.47. The first kappa shape index (κ1) is 24.8. The van der Waals surface area contributed by atoms with E-state index in [-0.39, 0.29) is 18.8 Å². The van der Waals surface area contributed by atoms with Gasteiger partial charge < -0.3 is 14.5 Å². The van der Waals surface area contributed by atoms with Crippen LogP contribution in [0.25, 0.3) is 0 Å². The van der Waals surface area contributed by atoms with Crippen LogP contribution >= 0.6 is 39.1 Å². The fourth-order valence-electron chi connectivity index (χ4n) is 4.58. The lowest BCUT2D eigenvalue weighted by atomic mass is 9.81. The molecular formula is C24H24BrCl2N3O4. The third-order valence-electron chi connectivity index (χ3n) is 6.09. The van der Waals surface area contributed by atoms with Gasteiger partial charge in [-0.2, -0.15) is 0 Å². The average Bonchev–Trinajstić information content (AvgIpc) is 3.21. The second kappa shape index (κ2) is 8.73. The molecule has 0 unspecified atom stereocenters. The summed E-state index contributed by atoms with van der Waals surface area (Å²) >= 11 is 15.7. The molecular weight excluding hydrogens is 545 g/mol. The summed E-state index contributed by atoms with van der Waals surface area (Å²) in [6.45, 7) is 5.55. The van der Waals surface area contributed by atoms with Gasteiger partial charge >= 0.3 is 12.1 Å². The van der Waals surface area contributed by atoms with Crippen molar-refractivity contribution < 1.29 is 19.1 Å². The number of carbonyl (C=O) groups is 3. The zero-order valence-corrected chi connectivity index (χ0v) is 22.2. The summed E-state index contributed by atoms with van der Waals surface area (Å²) in [5.74, 6) is -0.925. The van der Waals surface area contributed by atoms with Crippen LogP contribution in [0.4, 0.5) is 15.3 Å². The van der Waals surface area contributed by atoms with Crippen LogP contribution < -0.4 is 4.90 Å². The van der Waals surface area contributed by atoms with Crippen molar-refractivity contribution in [2.75, 3.05) is 25.0 Å². The monoisotopic (exact) mass is 567 g/mol. The zero-order chi connectivity index (χ0) is 25.0. The van der Waals surface area contributed by atoms with Gasteiger partial charge in [-0.05, 0) is 56.7 Å². The van der Waals surface area contributed by atoms with Crippen LogP contribution in [0.2, 0.25) is 10.0 Å². The number of halogens is 3. The molecule has 34 heavy (non-hydrogen) atoms. The number of nitrogens with zero attached hydrogens (tertiary/aromatic N) is 3. The SMILES string of the molecule is CN1C(=O)N(c2cc(Cl)cc(Cl)c2)C(=O)[C@]12CN(C(=O)OC(C)(C)C)C[C@H]2c1ccc(Br)cc1. The van der Waals surface area contributed by atoms with E-state index >= 15 is 0 Å². The van der Waals surface area contributed by atoms with E-state index < -0.39 is 35.1 Å². The van der Waals surface area contributed by atoms with Crippen molar-refractivity contribution >= 4 is 62.9 Å². The molecule has 4 amide bonds. The summed E-state index contributed by atoms with van der Waals surface area (Å²) in [7, 11) is 1.58. The molecule has 2 aromatic carbocycles. The van der Waals surface area contributed by atoms with Gasteiger partial charge in [0.05, 0.1) is 12.2 Å². The molecule has 4 rings (SSSR count). The Balaban J connectivity index is 1.81. The number of ether oxygens (including phenoxy) is 1. The second-order valence-electron chi connectivity index (χ2n) is 9.50. The van der Waals surface area contributed by atoms with Gasteiger partial charge in [-0.1, -0.05) is 51.3 Å². The summed E-state index contributed by atoms with van der Waals surface area (Å²) in [5, 5.41) is 0.607. The van der Waals surface area contributed by atoms with Crippen molar-refractivity contribution in [3.05, 3.63) is 62.5 Å². The van der Waals surface area contributed by atoms with Crippen molar-refractivity contribution in [2.24, 2.45) is 0 Å². The second-order valence-corrected chi connectivity index (χ2v) is 11.3. The van der Waals surface area contributed by atoms with Crippen LogP contribution in [0.1, 0.15) is 32.3 Å². The van der Waals surface area contributed by atoms with Gasteiger partial charge in [0.2, 0.25) is 0 Å². The quantitative estimate of drug-likeness (QED) is 0.421. The van der Waals surface area contributed by atoms with Gasteiger partial charge in [0.1, 0.15) is 11.1 Å². The maximum absolute atomic E-state index is 14.1. The van der Waals surface area contributed by atoms with Gasteiger partial charge in [-0.25, -0.2) is 14.5 Å². The predicted octanol–water partition coefficient (Wildman–Crippen LogP) is 5.93. The number of rotatable bonds is 2. The van der Waals surface area contributed by atoms with Crippen molar-refractivity contribution in [1.29, 1.82) is 0 Å². The van der Waals surface area contributed by atoms with E-state index in [1.54, 1.807) is 27.8 Å². The van der Waals surface area contributed by atoms with Gasteiger partial charge in [-0.15, -0.1) is 0 Å². The standard InChI is InChI=1S/C24H24BrCl2N3O4/c1-23(2,3)34-22(33)29-12-19(14-5-7-15(25)8-6-14)24(13-29)20(31)30(21(32)28(24)4)18-10-16(26)9-17(27)11-18/h5-11,19H,12-13H2,1-4H3/t19-,24+/m0/s1. The number of amides is 4. The Morgan fingerprint density at radius 3 is 2.24 bits per heavy atom. The Bertz CT molecular complexity index is 1150. The maximum Gasteiger partial charge on any atom is 0.410 e. The molecule has 2 aliphatic rings. The summed E-state index contributed by atoms with van der Waals surface area (Å²) < 4.78 is 6.46. The van der Waals surface area contributed by atoms with Crippen LogP contribution in [0.5, 0.6) is 0 Å². The van der Waals surface area contributed by atoms with Crippen molar-refractivity contribution in [3.63, 3.8) is 0 Å². The molecule has 0 N–H and O–H groups in total. The Kier molecular flexibility index (Phi) is 6.38. The summed E-state index contributed by atoms with van der Waals surface area (Å²) in [6.07, 6.45) is -0.538. The first-order valence-corrected chi connectivity index (χ1v) is 12.2. The minimum absolute atomic E-state index is 0.00544. The smallest absolute Gasteiger partial charge is 0.410 e. The summed E-state index contributed by atoms with van der Waals surface area (Å²) in [4.78, 5) is 44.5. The van der Waals surface area contributed by atoms with Crippen LogP contribution in [0, 0.1) is 0 Å². The van der Waals surface area contributed by atoms with Gasteiger partial charge in [-0.3, -0.25) is 4.79 Å². The third kappa shape index (κ3) is 4.27. The Morgan fingerprint density at radius 1 is 1.09 bits per heavy atom. The minimum atomic E-state index is -1.32. The normalized spacial score (nSPS) is 22.8. The number of likely N-dealkylation sites (N-methyl/N-ethyl adjacent to an activating group) is 1. The molecule has 2 atom stereocenters. The van der Waals surface area contributed by atoms with E-state index in [1.807, 2.05) is 24.3 Å². The fraction of sp³-hybridized carbons (Fsp3) is 0.375. The maximum atomic E-state index is 14.1. The predicted molar refractivity (Wildman–Crippen MR) is 135 cm³/mol. The summed E-state index contributed by atoms with van der Waals surface area (Å²) in [5.41, 5.74) is -0.920. The largest absolute Gasteiger partial charge is 0.444 e. The Hall–Kier alpha value is -2.29. The molecule has 2 aliphatic heterocycles. The van der Waals surface area contributed by atoms with E-state index in [1.165, 1.54) is 28.0 Å². The highest BCUT2D eigenvalue weighted by Gasteiger charge is 2.65. The van der Waals surface area contributed by atoms with Crippen LogP contribution in [0.15, 0.2) is 46.9 Å². The lowest BCUT2D eigenvalue weighted by Gasteiger charge is -2.33. The number of imide groups is 1. The van der Waals surface area contributed by atoms with Crippen molar-refractivity contribution in [3.8, 4) is 0 Å². The summed E-state index contributed by atoms with van der Waals surface area (Å²) in [6, 6.07) is 11.6. The Morgan fingerprint density at radius 2 is 1.68 bits per heavy atom. The number of benzene rings is 2. The topological polar surface area (TPSA) is 70.2 Å². The lowest BCUT2D eigenvalue weighted by molar-refractivity contribution is -0.124. The first-order valence-electron chi connectivity index (χ1n) is 10.7. The molecule has 0 bridgehead atoms. The number of hydrogen-bond acceptors (Lipinski definition) is 4. The van der Waals surface area contributed by atoms with E-state index in [9.17, 15) is 14.4 Å². The van der Waals surface area contributed by atoms with Gasteiger partial charge in [0, 0.05) is 34.0 Å². The van der Waals surface area contributed by atoms with Crippen LogP contribution in [-0.4, -0.2) is 59.1 Å². The van der Waals surface area contributed by atoms with Crippen LogP contribution in [-0.2, 0) is 9.53 Å². The van der Waals surface area contributed by atoms with E-state index in [0.717, 1.165) is 14.9 Å². The number of carbonyl (C=O) groups excluding carboxylic acids is 3. The zero-order valence-electron chi connectivity index (χ0n) is 19.1. The third-order valence-corrected chi connectivity index (χ3v) is 7.06. The van der Waals surface area contributed by atoms with Gasteiger partial charge in [0.15, 0.2) is 0 Å². The number of anilines is 1. The van der Waals surface area contributed by atoms with E-state index in [4.69, 9.17) is 27.9 Å². The molecule has 0 saturated carbocycles. The molecule has 0 aliphatic carbocycles. The Labute approximate surface area is 216 Å². The van der Waals surface area contributed by atoms with Crippen LogP contribution in [0.3, 0.4) is 0 Å². The van der Waals surface area contributed by atoms with E-state index in [2.05, 4.69) is 15.9 Å². The molecule has 180 valence electrons. The molecule has 1 spiro atoms. The highest BCUT2D eigenvalue weighted by atomic mass is 79.9. The number of urea groups is 1. The molecule has 10 heteroatoms. The molecule has 2 saturated heterocycles. The molecule has 7 nitrogen and oxygen atoms in total. The van der Waals surface area contributed by atoms with Gasteiger partial charge in [0.25, 0.3) is 5.91 Å². The molecule has 2 fully saturated rings. The first-order chi connectivity index (χ1) is 15.8. The fourth-order valence-corrected chi connectivity index (χ4v) is 5.35. The molecule has 2 heterocycles. The van der Waals surface area contributed by atoms with Crippen molar-refractivity contribution in [1.82, 2.24) is 9.80 Å². The number of hydrogen-bond donors (Lipinski definition) is 0. The number of likely N-dealkylation sites (tertiary alicyclic amines) is 1. The minimum Gasteiger partial charge on any atom is -0.444 e. The average molecular weight is 569 g/mol.